The molecule has 2 heterocycles. The lowest BCUT2D eigenvalue weighted by atomic mass is 9.93. The van der Waals surface area contributed by atoms with E-state index in [9.17, 15) is 4.79 Å². The number of carbonyl (C=O) groups is 1. The van der Waals surface area contributed by atoms with Crippen molar-refractivity contribution in [1.29, 1.82) is 0 Å². The fourth-order valence-electron chi connectivity index (χ4n) is 4.69. The van der Waals surface area contributed by atoms with Crippen LogP contribution in [0.25, 0.3) is 11.1 Å². The maximum Gasteiger partial charge on any atom is 0.303 e. The van der Waals surface area contributed by atoms with Gasteiger partial charge in [0.25, 0.3) is 0 Å². The van der Waals surface area contributed by atoms with Gasteiger partial charge in [-0.1, -0.05) is 50.2 Å². The molecule has 1 atom stereocenters. The van der Waals surface area contributed by atoms with Crippen molar-refractivity contribution in [2.75, 3.05) is 18.0 Å². The number of rotatable bonds is 7. The third-order valence-electron chi connectivity index (χ3n) is 7.01. The van der Waals surface area contributed by atoms with Gasteiger partial charge in [0.1, 0.15) is 5.82 Å². The minimum absolute atomic E-state index is 0.0454. The van der Waals surface area contributed by atoms with Crippen LogP contribution in [0.2, 0.25) is 0 Å². The van der Waals surface area contributed by atoms with Crippen LogP contribution in [0.4, 0.5) is 11.5 Å². The van der Waals surface area contributed by atoms with E-state index < -0.39 is 5.97 Å². The number of carboxylic acids is 1. The quantitative estimate of drug-likeness (QED) is 0.280. The standard InChI is InChI=1S/C30H36N3O2P/c1-20-17-26(30(3,4)36)10-11-27(20)32-21(2)23-5-7-24(8-6-23)25-9-12-28(31-19-25)33-15-13-22(14-16-33)18-29(34)35/h5-12,17,19,22H,13-16,18,36H2,1-4H3,(H,34,35). The van der Waals surface area contributed by atoms with Gasteiger partial charge in [0, 0.05) is 42.1 Å². The zero-order chi connectivity index (χ0) is 25.9. The van der Waals surface area contributed by atoms with Crippen LogP contribution in [-0.4, -0.2) is 34.9 Å². The lowest BCUT2D eigenvalue weighted by Gasteiger charge is -2.32. The normalized spacial score (nSPS) is 15.2. The van der Waals surface area contributed by atoms with Crippen LogP contribution in [0.5, 0.6) is 0 Å². The Balaban J connectivity index is 1.42. The lowest BCUT2D eigenvalue weighted by molar-refractivity contribution is -0.138. The van der Waals surface area contributed by atoms with Gasteiger partial charge >= 0.3 is 5.97 Å². The molecule has 1 aliphatic rings. The summed E-state index contributed by atoms with van der Waals surface area (Å²) >= 11 is 0. The second-order valence-corrected chi connectivity index (χ2v) is 11.9. The van der Waals surface area contributed by atoms with Crippen molar-refractivity contribution in [1.82, 2.24) is 4.98 Å². The van der Waals surface area contributed by atoms with Crippen LogP contribution < -0.4 is 4.90 Å². The Kier molecular flexibility index (Phi) is 7.90. The Morgan fingerprint density at radius 1 is 1.08 bits per heavy atom. The van der Waals surface area contributed by atoms with E-state index in [0.29, 0.717) is 0 Å². The van der Waals surface area contributed by atoms with Crippen LogP contribution in [0.3, 0.4) is 0 Å². The first-order valence-corrected chi connectivity index (χ1v) is 13.2. The highest BCUT2D eigenvalue weighted by molar-refractivity contribution is 7.18. The van der Waals surface area contributed by atoms with Crippen molar-refractivity contribution in [3.63, 3.8) is 0 Å². The van der Waals surface area contributed by atoms with E-state index in [1.807, 2.05) is 6.20 Å². The van der Waals surface area contributed by atoms with E-state index in [1.54, 1.807) is 0 Å². The molecular formula is C30H36N3O2P. The number of carboxylic acid groups (broad SMARTS) is 1. The molecule has 6 heteroatoms. The number of piperidine rings is 1. The summed E-state index contributed by atoms with van der Waals surface area (Å²) in [5.74, 6) is 0.528. The first-order valence-electron chi connectivity index (χ1n) is 12.6. The van der Waals surface area contributed by atoms with E-state index in [-0.39, 0.29) is 17.5 Å². The van der Waals surface area contributed by atoms with Crippen molar-refractivity contribution < 1.29 is 9.90 Å². The molecule has 1 aliphatic heterocycles. The second kappa shape index (κ2) is 10.9. The average Bonchev–Trinajstić information content (AvgIpc) is 2.85. The van der Waals surface area contributed by atoms with Crippen LogP contribution >= 0.6 is 9.24 Å². The molecular weight excluding hydrogens is 465 g/mol. The van der Waals surface area contributed by atoms with Crippen molar-refractivity contribution in [2.24, 2.45) is 10.9 Å². The van der Waals surface area contributed by atoms with Gasteiger partial charge in [-0.15, -0.1) is 9.24 Å². The zero-order valence-corrected chi connectivity index (χ0v) is 22.8. The largest absolute Gasteiger partial charge is 0.481 e. The molecule has 1 N–H and O–H groups in total. The molecule has 1 saturated heterocycles. The van der Waals surface area contributed by atoms with Crippen molar-refractivity contribution in [2.45, 2.75) is 52.1 Å². The summed E-state index contributed by atoms with van der Waals surface area (Å²) in [5, 5.41) is 9.06. The van der Waals surface area contributed by atoms with Crippen LogP contribution in [-0.2, 0) is 9.95 Å². The number of aliphatic carboxylic acids is 1. The highest BCUT2D eigenvalue weighted by Crippen LogP contribution is 2.33. The van der Waals surface area contributed by atoms with Gasteiger partial charge < -0.3 is 10.0 Å². The zero-order valence-electron chi connectivity index (χ0n) is 21.7. The van der Waals surface area contributed by atoms with Crippen molar-refractivity contribution in [3.8, 4) is 11.1 Å². The summed E-state index contributed by atoms with van der Waals surface area (Å²) in [6, 6.07) is 19.1. The molecule has 5 nitrogen and oxygen atoms in total. The van der Waals surface area contributed by atoms with Gasteiger partial charge in [-0.05, 0) is 73.1 Å². The van der Waals surface area contributed by atoms with Gasteiger partial charge in [-0.2, -0.15) is 0 Å². The third-order valence-corrected chi connectivity index (χ3v) is 7.35. The number of nitrogens with zero attached hydrogens (tertiary/aromatic N) is 3. The summed E-state index contributed by atoms with van der Waals surface area (Å²) in [7, 11) is 2.90. The number of benzene rings is 2. The number of hydrogen-bond donors (Lipinski definition) is 1. The van der Waals surface area contributed by atoms with Gasteiger partial charge in [0.2, 0.25) is 0 Å². The van der Waals surface area contributed by atoms with Crippen LogP contribution in [0, 0.1) is 12.8 Å². The molecule has 1 fully saturated rings. The molecule has 3 aromatic rings. The van der Waals surface area contributed by atoms with Crippen molar-refractivity contribution >= 4 is 32.4 Å². The summed E-state index contributed by atoms with van der Waals surface area (Å²) in [6.45, 7) is 10.3. The maximum atomic E-state index is 11.0. The third kappa shape index (κ3) is 6.39. The van der Waals surface area contributed by atoms with E-state index in [1.165, 1.54) is 11.1 Å². The van der Waals surface area contributed by atoms with Gasteiger partial charge in [-0.25, -0.2) is 4.98 Å². The first-order chi connectivity index (χ1) is 17.1. The molecule has 36 heavy (non-hydrogen) atoms. The summed E-state index contributed by atoms with van der Waals surface area (Å²) in [5.41, 5.74) is 7.75. The molecule has 4 rings (SSSR count). The predicted molar refractivity (Wildman–Crippen MR) is 153 cm³/mol. The fourth-order valence-corrected chi connectivity index (χ4v) is 4.87. The average molecular weight is 502 g/mol. The molecule has 0 spiro atoms. The number of anilines is 1. The Hall–Kier alpha value is -3.04. The van der Waals surface area contributed by atoms with Crippen molar-refractivity contribution in [3.05, 3.63) is 77.5 Å². The van der Waals surface area contributed by atoms with Crippen LogP contribution in [0.15, 0.2) is 65.8 Å². The van der Waals surface area contributed by atoms with Gasteiger partial charge in [0.05, 0.1) is 5.69 Å². The number of pyridine rings is 1. The maximum absolute atomic E-state index is 11.0. The summed E-state index contributed by atoms with van der Waals surface area (Å²) in [6.07, 6.45) is 3.99. The van der Waals surface area contributed by atoms with Gasteiger partial charge in [0.15, 0.2) is 0 Å². The molecule has 0 amide bonds. The second-order valence-electron chi connectivity index (χ2n) is 10.4. The van der Waals surface area contributed by atoms with Crippen LogP contribution in [0.1, 0.15) is 56.7 Å². The summed E-state index contributed by atoms with van der Waals surface area (Å²) in [4.78, 5) is 22.8. The Bertz CT molecular complexity index is 1240. The fraction of sp³-hybridized carbons (Fsp3) is 0.367. The van der Waals surface area contributed by atoms with E-state index in [2.05, 4.69) is 96.4 Å². The molecule has 0 bridgehead atoms. The topological polar surface area (TPSA) is 65.8 Å². The first kappa shape index (κ1) is 26.0. The SMILES string of the molecule is CC(=Nc1ccc(C(C)(C)P)cc1C)c1ccc(-c2ccc(N3CCC(CC(=O)O)CC3)nc2)cc1. The van der Waals surface area contributed by atoms with Gasteiger partial charge in [-0.3, -0.25) is 9.79 Å². The molecule has 2 aromatic carbocycles. The number of aryl methyl sites for hydroxylation is 1. The Morgan fingerprint density at radius 3 is 2.31 bits per heavy atom. The lowest BCUT2D eigenvalue weighted by Crippen LogP contribution is -2.34. The Labute approximate surface area is 216 Å². The molecule has 0 radical (unpaired) electrons. The minimum Gasteiger partial charge on any atom is -0.481 e. The predicted octanol–water partition coefficient (Wildman–Crippen LogP) is 7.00. The van der Waals surface area contributed by atoms with E-state index >= 15 is 0 Å². The number of aliphatic imine (C=N–C) groups is 1. The van der Waals surface area contributed by atoms with E-state index in [4.69, 9.17) is 15.1 Å². The molecule has 188 valence electrons. The molecule has 1 aromatic heterocycles. The minimum atomic E-state index is -0.701. The summed E-state index contributed by atoms with van der Waals surface area (Å²) < 4.78 is 0. The highest BCUT2D eigenvalue weighted by atomic mass is 31.0. The number of aromatic nitrogens is 1. The smallest absolute Gasteiger partial charge is 0.303 e. The molecule has 1 unspecified atom stereocenters. The molecule has 0 aliphatic carbocycles. The molecule has 0 saturated carbocycles. The van der Waals surface area contributed by atoms with E-state index in [0.717, 1.165) is 59.8 Å². The number of hydrogen-bond acceptors (Lipinski definition) is 4. The highest BCUT2D eigenvalue weighted by Gasteiger charge is 2.22. The Morgan fingerprint density at radius 2 is 1.75 bits per heavy atom. The monoisotopic (exact) mass is 501 g/mol.